The second kappa shape index (κ2) is 8.83. The first-order valence-corrected chi connectivity index (χ1v) is 12.1. The van der Waals surface area contributed by atoms with Crippen molar-refractivity contribution in [3.05, 3.63) is 23.0 Å². The molecule has 2 aliphatic rings. The molecule has 3 heterocycles. The number of nitrogens with two attached hydrogens (primary N) is 2. The number of hydrogen-bond acceptors (Lipinski definition) is 13. The fourth-order valence-electron chi connectivity index (χ4n) is 3.25. The van der Waals surface area contributed by atoms with E-state index in [1.54, 1.807) is 0 Å². The van der Waals surface area contributed by atoms with Gasteiger partial charge in [0.1, 0.15) is 11.7 Å². The number of aromatic nitrogens is 4. The van der Waals surface area contributed by atoms with Crippen molar-refractivity contribution in [2.75, 3.05) is 5.73 Å². The number of carbonyl (C=O) groups excluding carboxylic acids is 2. The van der Waals surface area contributed by atoms with Gasteiger partial charge in [0, 0.05) is 31.0 Å². The highest BCUT2D eigenvalue weighted by Gasteiger charge is 2.56. The summed E-state index contributed by atoms with van der Waals surface area (Å²) in [5.74, 6) is -3.40. The van der Waals surface area contributed by atoms with E-state index in [2.05, 4.69) is 25.8 Å². The van der Waals surface area contributed by atoms with Crippen LogP contribution in [-0.4, -0.2) is 83.5 Å². The summed E-state index contributed by atoms with van der Waals surface area (Å²) >= 11 is 0.973. The van der Waals surface area contributed by atoms with Crippen LogP contribution in [0.3, 0.4) is 0 Å². The van der Waals surface area contributed by atoms with Gasteiger partial charge in [0.05, 0.1) is 18.3 Å². The monoisotopic (exact) mass is 529 g/mol. The standard InChI is InChI=1S/C16H19N9O8S2/c17-3-7-4-24(23-21-7)5-9-11(13(27)25(9)35(30,31)32)20-12(26)10(8-6-34-15(18)19-8)22-33-16(1-2-16)14(28)29/h4,6,9,11H,1-3,5,17H2,(H2,18,19)(H,20,26)(H,28,29)(H,30,31,32)/t9-,11-/m0/s1. The molecule has 2 aromatic heterocycles. The third-order valence-electron chi connectivity index (χ3n) is 5.26. The molecule has 0 unspecified atom stereocenters. The van der Waals surface area contributed by atoms with E-state index in [1.807, 2.05) is 0 Å². The van der Waals surface area contributed by atoms with Crippen molar-refractivity contribution in [2.45, 2.75) is 43.6 Å². The van der Waals surface area contributed by atoms with Crippen molar-refractivity contribution in [3.8, 4) is 0 Å². The Balaban J connectivity index is 1.58. The largest absolute Gasteiger partial charge is 0.478 e. The van der Waals surface area contributed by atoms with Crippen LogP contribution in [0.4, 0.5) is 5.13 Å². The van der Waals surface area contributed by atoms with Crippen LogP contribution >= 0.6 is 11.3 Å². The third-order valence-corrected chi connectivity index (χ3v) is 6.88. The highest BCUT2D eigenvalue weighted by atomic mass is 32.2. The van der Waals surface area contributed by atoms with E-state index in [0.717, 1.165) is 11.3 Å². The number of thiazole rings is 1. The summed E-state index contributed by atoms with van der Waals surface area (Å²) in [5, 5.41) is 24.2. The molecule has 0 spiro atoms. The van der Waals surface area contributed by atoms with Crippen molar-refractivity contribution in [1.82, 2.24) is 29.6 Å². The average Bonchev–Trinajstić information content (AvgIpc) is 3.23. The summed E-state index contributed by atoms with van der Waals surface area (Å²) in [6.07, 6.45) is 1.76. The Morgan fingerprint density at radius 3 is 2.63 bits per heavy atom. The summed E-state index contributed by atoms with van der Waals surface area (Å²) in [6, 6.07) is -2.70. The van der Waals surface area contributed by atoms with Gasteiger partial charge in [0.15, 0.2) is 10.8 Å². The van der Waals surface area contributed by atoms with E-state index in [0.29, 0.717) is 5.69 Å². The van der Waals surface area contributed by atoms with Gasteiger partial charge < -0.3 is 26.7 Å². The number of nitrogens with one attached hydrogen (secondary N) is 1. The number of aliphatic carboxylic acids is 1. The summed E-state index contributed by atoms with van der Waals surface area (Å²) in [5.41, 5.74) is 9.37. The summed E-state index contributed by atoms with van der Waals surface area (Å²) < 4.78 is 34.3. The molecule has 2 fully saturated rings. The van der Waals surface area contributed by atoms with Crippen LogP contribution in [0.5, 0.6) is 0 Å². The number of β-lactam (4-membered cyclic amide) rings is 1. The second-order valence-corrected chi connectivity index (χ2v) is 9.85. The van der Waals surface area contributed by atoms with E-state index >= 15 is 0 Å². The van der Waals surface area contributed by atoms with E-state index in [-0.39, 0.29) is 41.1 Å². The number of nitrogens with zero attached hydrogens (tertiary/aromatic N) is 6. The van der Waals surface area contributed by atoms with Gasteiger partial charge >= 0.3 is 16.3 Å². The lowest BCUT2D eigenvalue weighted by Crippen LogP contribution is -2.73. The van der Waals surface area contributed by atoms with E-state index in [1.165, 1.54) is 16.3 Å². The van der Waals surface area contributed by atoms with E-state index < -0.39 is 51.5 Å². The third kappa shape index (κ3) is 4.78. The number of carboxylic acids is 1. The number of hydrogen-bond donors (Lipinski definition) is 5. The minimum atomic E-state index is -4.95. The maximum Gasteiger partial charge on any atom is 0.362 e. The second-order valence-electron chi connectivity index (χ2n) is 7.67. The minimum absolute atomic E-state index is 0.0509. The Bertz CT molecular complexity index is 1320. The number of carboxylic acid groups (broad SMARTS) is 1. The lowest BCUT2D eigenvalue weighted by atomic mass is 9.98. The molecule has 35 heavy (non-hydrogen) atoms. The number of oxime groups is 1. The zero-order valence-electron chi connectivity index (χ0n) is 17.6. The predicted octanol–water partition coefficient (Wildman–Crippen LogP) is -2.69. The first-order valence-electron chi connectivity index (χ1n) is 9.87. The van der Waals surface area contributed by atoms with Crippen molar-refractivity contribution >= 4 is 50.3 Å². The number of amides is 2. The van der Waals surface area contributed by atoms with Gasteiger partial charge in [-0.15, -0.1) is 16.4 Å². The summed E-state index contributed by atoms with van der Waals surface area (Å²) in [7, 11) is -4.95. The van der Waals surface area contributed by atoms with E-state index in [9.17, 15) is 32.5 Å². The Labute approximate surface area is 200 Å². The molecular weight excluding hydrogens is 510 g/mol. The fraction of sp³-hybridized carbons (Fsp3) is 0.438. The van der Waals surface area contributed by atoms with Crippen molar-refractivity contribution in [2.24, 2.45) is 10.9 Å². The smallest absolute Gasteiger partial charge is 0.362 e. The molecule has 188 valence electrons. The molecule has 19 heteroatoms. The molecule has 0 radical (unpaired) electrons. The number of anilines is 1. The molecule has 0 bridgehead atoms. The Kier molecular flexibility index (Phi) is 6.17. The SMILES string of the molecule is NCc1cn(C[C@H]2[C@H](NC(=O)C(=NOC3(C(=O)O)CC3)c3csc(N)n3)C(=O)N2S(=O)(=O)O)nn1. The molecule has 17 nitrogen and oxygen atoms in total. The van der Waals surface area contributed by atoms with Crippen molar-refractivity contribution in [3.63, 3.8) is 0 Å². The van der Waals surface area contributed by atoms with Gasteiger partial charge in [0.2, 0.25) is 5.60 Å². The molecule has 1 saturated heterocycles. The summed E-state index contributed by atoms with van der Waals surface area (Å²) in [6.45, 7) is -0.210. The fourth-order valence-corrected chi connectivity index (χ4v) is 4.67. The number of nitrogen functional groups attached to an aromatic ring is 1. The van der Waals surface area contributed by atoms with Gasteiger partial charge in [-0.3, -0.25) is 18.8 Å². The zero-order valence-corrected chi connectivity index (χ0v) is 19.3. The average molecular weight is 530 g/mol. The highest BCUT2D eigenvalue weighted by molar-refractivity contribution is 7.84. The van der Waals surface area contributed by atoms with Crippen LogP contribution in [0.15, 0.2) is 16.7 Å². The van der Waals surface area contributed by atoms with Gasteiger partial charge in [-0.05, 0) is 0 Å². The molecule has 0 aromatic carbocycles. The Morgan fingerprint density at radius 2 is 2.11 bits per heavy atom. The van der Waals surface area contributed by atoms with Crippen molar-refractivity contribution < 1.29 is 37.3 Å². The van der Waals surface area contributed by atoms with Gasteiger partial charge in [0.25, 0.3) is 11.8 Å². The first-order chi connectivity index (χ1) is 16.4. The van der Waals surface area contributed by atoms with Crippen LogP contribution in [0.1, 0.15) is 24.2 Å². The van der Waals surface area contributed by atoms with Crippen LogP contribution in [0.2, 0.25) is 0 Å². The number of carbonyl (C=O) groups is 3. The lowest BCUT2D eigenvalue weighted by molar-refractivity contribution is -0.153. The minimum Gasteiger partial charge on any atom is -0.478 e. The molecule has 2 amide bonds. The van der Waals surface area contributed by atoms with Crippen molar-refractivity contribution in [1.29, 1.82) is 0 Å². The van der Waals surface area contributed by atoms with Crippen LogP contribution in [0.25, 0.3) is 0 Å². The molecule has 1 aliphatic heterocycles. The Hall–Kier alpha value is -3.68. The molecule has 1 saturated carbocycles. The predicted molar refractivity (Wildman–Crippen MR) is 116 cm³/mol. The molecule has 7 N–H and O–H groups in total. The quantitative estimate of drug-likeness (QED) is 0.0910. The maximum atomic E-state index is 13.0. The van der Waals surface area contributed by atoms with E-state index in [4.69, 9.17) is 16.3 Å². The number of rotatable bonds is 10. The molecule has 2 aromatic rings. The normalized spacial score (nSPS) is 21.4. The first kappa shape index (κ1) is 24.4. The van der Waals surface area contributed by atoms with Crippen LogP contribution in [-0.2, 0) is 42.6 Å². The lowest BCUT2D eigenvalue weighted by Gasteiger charge is -2.43. The molecular formula is C16H19N9O8S2. The zero-order chi connectivity index (χ0) is 25.5. The van der Waals surface area contributed by atoms with Crippen LogP contribution in [0, 0.1) is 0 Å². The van der Waals surface area contributed by atoms with Crippen LogP contribution < -0.4 is 16.8 Å². The topological polar surface area (TPSA) is 258 Å². The maximum absolute atomic E-state index is 13.0. The molecule has 2 atom stereocenters. The van der Waals surface area contributed by atoms with Gasteiger partial charge in [-0.2, -0.15) is 8.42 Å². The van der Waals surface area contributed by atoms with Gasteiger partial charge in [-0.25, -0.2) is 14.1 Å². The highest BCUT2D eigenvalue weighted by Crippen LogP contribution is 2.40. The molecule has 4 rings (SSSR count). The molecule has 1 aliphatic carbocycles. The van der Waals surface area contributed by atoms with Gasteiger partial charge in [-0.1, -0.05) is 10.4 Å². The Morgan fingerprint density at radius 1 is 1.40 bits per heavy atom. The summed E-state index contributed by atoms with van der Waals surface area (Å²) in [4.78, 5) is 46.0.